The molecule has 8 nitrogen and oxygen atoms in total. The number of amidine groups is 1. The third-order valence-corrected chi connectivity index (χ3v) is 3.73. The van der Waals surface area contributed by atoms with E-state index in [-0.39, 0.29) is 23.8 Å². The Labute approximate surface area is 157 Å². The summed E-state index contributed by atoms with van der Waals surface area (Å²) in [5, 5.41) is 1.10. The van der Waals surface area contributed by atoms with Gasteiger partial charge in [0.2, 0.25) is 0 Å². The quantitative estimate of drug-likeness (QED) is 0.350. The molecule has 140 valence electrons. The molecule has 0 aliphatic rings. The predicted molar refractivity (Wildman–Crippen MR) is 105 cm³/mol. The largest absolute Gasteiger partial charge is 0.477 e. The molecule has 0 spiro atoms. The first-order valence-corrected chi connectivity index (χ1v) is 8.62. The molecular weight excluding hydrogens is 342 g/mol. The van der Waals surface area contributed by atoms with Crippen LogP contribution in [0.2, 0.25) is 0 Å². The first kappa shape index (κ1) is 18.4. The molecule has 0 unspecified atom stereocenters. The molecule has 0 atom stereocenters. The van der Waals surface area contributed by atoms with Crippen LogP contribution >= 0.6 is 0 Å². The van der Waals surface area contributed by atoms with Gasteiger partial charge in [0.25, 0.3) is 5.95 Å². The fourth-order valence-corrected chi connectivity index (χ4v) is 2.63. The van der Waals surface area contributed by atoms with Crippen LogP contribution in [0.4, 0.5) is 5.95 Å². The van der Waals surface area contributed by atoms with Crippen LogP contribution < -0.4 is 11.5 Å². The van der Waals surface area contributed by atoms with Gasteiger partial charge in [-0.1, -0.05) is 0 Å². The van der Waals surface area contributed by atoms with Gasteiger partial charge in [-0.05, 0) is 43.5 Å². The zero-order valence-electron chi connectivity index (χ0n) is 15.6. The topological polar surface area (TPSA) is 128 Å². The number of fused-ring (bicyclic) bond motifs is 1. The number of nitrogens with two attached hydrogens (primary N) is 2. The molecule has 0 aromatic carbocycles. The van der Waals surface area contributed by atoms with Crippen molar-refractivity contribution in [3.63, 3.8) is 0 Å². The maximum Gasteiger partial charge on any atom is 0.251 e. The molecule has 0 saturated heterocycles. The minimum atomic E-state index is -0.0342. The molecule has 0 saturated carbocycles. The van der Waals surface area contributed by atoms with Crippen LogP contribution in [0, 0.1) is 6.92 Å². The minimum Gasteiger partial charge on any atom is -0.477 e. The lowest BCUT2D eigenvalue weighted by molar-refractivity contribution is 0.145. The van der Waals surface area contributed by atoms with Crippen LogP contribution in [0.15, 0.2) is 47.8 Å². The van der Waals surface area contributed by atoms with E-state index in [9.17, 15) is 0 Å². The third kappa shape index (κ3) is 4.81. The number of hydrogen-bond donors (Lipinski definition) is 3. The molecule has 0 radical (unpaired) electrons. The average Bonchev–Trinajstić information content (AvgIpc) is 2.98. The Kier molecular flexibility index (Phi) is 5.35. The molecule has 3 rings (SSSR count). The summed E-state index contributed by atoms with van der Waals surface area (Å²) in [4.78, 5) is 20.2. The predicted octanol–water partition coefficient (Wildman–Crippen LogP) is 2.47. The first-order chi connectivity index (χ1) is 12.9. The number of H-pyrrole nitrogens is 1. The van der Waals surface area contributed by atoms with Crippen LogP contribution in [0.25, 0.3) is 11.0 Å². The molecule has 0 aliphatic carbocycles. The summed E-state index contributed by atoms with van der Waals surface area (Å²) in [6, 6.07) is 2.12. The second kappa shape index (κ2) is 7.86. The molecule has 5 N–H and O–H groups in total. The van der Waals surface area contributed by atoms with E-state index in [1.165, 1.54) is 6.08 Å². The molecule has 3 aromatic rings. The Morgan fingerprint density at radius 3 is 2.67 bits per heavy atom. The summed E-state index contributed by atoms with van der Waals surface area (Å²) < 4.78 is 5.31. The smallest absolute Gasteiger partial charge is 0.251 e. The van der Waals surface area contributed by atoms with Gasteiger partial charge in [0.05, 0.1) is 6.10 Å². The first-order valence-electron chi connectivity index (χ1n) is 8.62. The SMILES string of the molecule is Cc1cnc2[nH]cc(Cc3cnc(N=C(N)C=C(N)OC(C)C)nc3)c2c1. The standard InChI is InChI=1S/C19H23N7O/c1-11(2)27-17(21)6-16(20)26-19-24-8-13(9-25-19)5-14-10-23-18-15(14)4-12(3)7-22-18/h4,6-11H,5,21H2,1-3H3,(H,22,23)(H2,20,24,25,26). The Balaban J connectivity index is 1.73. The monoisotopic (exact) mass is 365 g/mol. The van der Waals surface area contributed by atoms with E-state index in [0.29, 0.717) is 6.42 Å². The van der Waals surface area contributed by atoms with Crippen molar-refractivity contribution in [1.29, 1.82) is 0 Å². The van der Waals surface area contributed by atoms with Gasteiger partial charge in [-0.25, -0.2) is 15.0 Å². The van der Waals surface area contributed by atoms with E-state index in [2.05, 4.69) is 31.0 Å². The Hall–Kier alpha value is -3.42. The summed E-state index contributed by atoms with van der Waals surface area (Å²) in [6.45, 7) is 5.78. The second-order valence-electron chi connectivity index (χ2n) is 6.54. The molecule has 3 aromatic heterocycles. The normalized spacial score (nSPS) is 12.7. The number of pyridine rings is 1. The van der Waals surface area contributed by atoms with Crippen LogP contribution in [-0.4, -0.2) is 31.9 Å². The van der Waals surface area contributed by atoms with E-state index in [0.717, 1.165) is 27.7 Å². The maximum atomic E-state index is 5.83. The number of rotatable bonds is 6. The lowest BCUT2D eigenvalue weighted by Crippen LogP contribution is -2.15. The van der Waals surface area contributed by atoms with Crippen molar-refractivity contribution in [3.05, 3.63) is 59.5 Å². The van der Waals surface area contributed by atoms with Gasteiger partial charge < -0.3 is 21.2 Å². The van der Waals surface area contributed by atoms with Crippen LogP contribution in [0.3, 0.4) is 0 Å². The molecular formula is C19H23N7O. The highest BCUT2D eigenvalue weighted by Crippen LogP contribution is 2.20. The number of aromatic nitrogens is 4. The van der Waals surface area contributed by atoms with Crippen molar-refractivity contribution in [2.75, 3.05) is 0 Å². The van der Waals surface area contributed by atoms with Gasteiger partial charge in [-0.15, -0.1) is 0 Å². The van der Waals surface area contributed by atoms with Crippen molar-refractivity contribution in [2.45, 2.75) is 33.3 Å². The summed E-state index contributed by atoms with van der Waals surface area (Å²) in [6.07, 6.45) is 9.38. The highest BCUT2D eigenvalue weighted by Gasteiger charge is 2.07. The molecule has 27 heavy (non-hydrogen) atoms. The minimum absolute atomic E-state index is 0.0342. The van der Waals surface area contributed by atoms with Crippen molar-refractivity contribution in [3.8, 4) is 0 Å². The van der Waals surface area contributed by atoms with E-state index in [1.807, 2.05) is 33.2 Å². The molecule has 8 heteroatoms. The molecule has 0 fully saturated rings. The lowest BCUT2D eigenvalue weighted by atomic mass is 10.1. The number of aliphatic imine (C=N–C) groups is 1. The van der Waals surface area contributed by atoms with Crippen molar-refractivity contribution < 1.29 is 4.74 Å². The maximum absolute atomic E-state index is 5.83. The summed E-state index contributed by atoms with van der Waals surface area (Å²) >= 11 is 0. The fraction of sp³-hybridized carbons (Fsp3) is 0.263. The van der Waals surface area contributed by atoms with E-state index < -0.39 is 0 Å². The molecule has 0 aliphatic heterocycles. The van der Waals surface area contributed by atoms with E-state index in [1.54, 1.807) is 12.4 Å². The van der Waals surface area contributed by atoms with Gasteiger partial charge in [0, 0.05) is 42.7 Å². The summed E-state index contributed by atoms with van der Waals surface area (Å²) in [5.41, 5.74) is 15.6. The third-order valence-electron chi connectivity index (χ3n) is 3.73. The fourth-order valence-electron chi connectivity index (χ4n) is 2.63. The summed E-state index contributed by atoms with van der Waals surface area (Å²) in [5.74, 6) is 0.645. The van der Waals surface area contributed by atoms with Crippen LogP contribution in [0.1, 0.15) is 30.5 Å². The molecule has 0 bridgehead atoms. The molecule has 0 amide bonds. The Bertz CT molecular complexity index is 987. The second-order valence-corrected chi connectivity index (χ2v) is 6.54. The number of nitrogens with one attached hydrogen (secondary N) is 1. The van der Waals surface area contributed by atoms with E-state index >= 15 is 0 Å². The average molecular weight is 365 g/mol. The number of aromatic amines is 1. The van der Waals surface area contributed by atoms with Crippen molar-refractivity contribution >= 4 is 22.8 Å². The van der Waals surface area contributed by atoms with E-state index in [4.69, 9.17) is 16.2 Å². The van der Waals surface area contributed by atoms with Crippen molar-refractivity contribution in [2.24, 2.45) is 16.5 Å². The summed E-state index contributed by atoms with van der Waals surface area (Å²) in [7, 11) is 0. The van der Waals surface area contributed by atoms with Gasteiger partial charge >= 0.3 is 0 Å². The molecule has 3 heterocycles. The Morgan fingerprint density at radius 2 is 1.96 bits per heavy atom. The van der Waals surface area contributed by atoms with Crippen molar-refractivity contribution in [1.82, 2.24) is 19.9 Å². The Morgan fingerprint density at radius 1 is 1.22 bits per heavy atom. The number of hydrogen-bond acceptors (Lipinski definition) is 6. The highest BCUT2D eigenvalue weighted by molar-refractivity contribution is 5.93. The number of nitrogens with zero attached hydrogens (tertiary/aromatic N) is 4. The van der Waals surface area contributed by atoms with Gasteiger partial charge in [0.1, 0.15) is 11.5 Å². The zero-order valence-corrected chi connectivity index (χ0v) is 15.6. The highest BCUT2D eigenvalue weighted by atomic mass is 16.5. The van der Waals surface area contributed by atoms with Crippen LogP contribution in [-0.2, 0) is 11.2 Å². The number of ether oxygens (including phenoxy) is 1. The zero-order chi connectivity index (χ0) is 19.4. The van der Waals surface area contributed by atoms with Gasteiger partial charge in [0.15, 0.2) is 5.88 Å². The van der Waals surface area contributed by atoms with Gasteiger partial charge in [-0.3, -0.25) is 0 Å². The number of aryl methyl sites for hydroxylation is 1. The lowest BCUT2D eigenvalue weighted by Gasteiger charge is -2.08. The van der Waals surface area contributed by atoms with Gasteiger partial charge in [-0.2, -0.15) is 4.99 Å². The van der Waals surface area contributed by atoms with Crippen LogP contribution in [0.5, 0.6) is 0 Å².